The van der Waals surface area contributed by atoms with E-state index in [1.54, 1.807) is 11.3 Å². The van der Waals surface area contributed by atoms with E-state index in [0.717, 1.165) is 23.1 Å². The number of carbonyl (C=O) groups is 1. The summed E-state index contributed by atoms with van der Waals surface area (Å²) in [5.41, 5.74) is 0.675. The molecule has 0 atom stereocenters. The number of aromatic nitrogens is 3. The number of hydrogen-bond donors (Lipinski definition) is 0. The number of para-hydroxylation sites is 1. The molecule has 0 fully saturated rings. The fourth-order valence-corrected chi connectivity index (χ4v) is 4.09. The highest BCUT2D eigenvalue weighted by Crippen LogP contribution is 2.26. The van der Waals surface area contributed by atoms with Crippen LogP contribution in [-0.4, -0.2) is 26.3 Å². The number of carbonyl (C=O) groups excluding carboxylic acids is 1. The average molecular weight is 372 g/mol. The third-order valence-corrected chi connectivity index (χ3v) is 5.60. The van der Waals surface area contributed by atoms with Crippen LogP contribution in [0, 0.1) is 5.41 Å². The van der Waals surface area contributed by atoms with Crippen LogP contribution in [0.4, 0.5) is 0 Å². The van der Waals surface area contributed by atoms with Gasteiger partial charge in [-0.2, -0.15) is 0 Å². The summed E-state index contributed by atoms with van der Waals surface area (Å²) in [4.78, 5) is 13.5. The van der Waals surface area contributed by atoms with E-state index in [-0.39, 0.29) is 11.2 Å². The molecule has 0 saturated heterocycles. The fourth-order valence-electron chi connectivity index (χ4n) is 2.26. The summed E-state index contributed by atoms with van der Waals surface area (Å²) in [6, 6.07) is 14.2. The zero-order chi connectivity index (χ0) is 17.9. The topological polar surface area (TPSA) is 47.8 Å². The molecule has 0 radical (unpaired) electrons. The third kappa shape index (κ3) is 4.38. The molecule has 0 saturated carbocycles. The molecule has 0 bridgehead atoms. The summed E-state index contributed by atoms with van der Waals surface area (Å²) in [5.74, 6) is 1.49. The normalized spacial score (nSPS) is 11.6. The van der Waals surface area contributed by atoms with E-state index >= 15 is 0 Å². The van der Waals surface area contributed by atoms with Crippen LogP contribution in [0.15, 0.2) is 53.0 Å². The van der Waals surface area contributed by atoms with Gasteiger partial charge in [-0.3, -0.25) is 9.36 Å². The predicted octanol–water partition coefficient (Wildman–Crippen LogP) is 4.63. The Balaban J connectivity index is 1.90. The Kier molecular flexibility index (Phi) is 5.39. The first-order valence-electron chi connectivity index (χ1n) is 8.13. The van der Waals surface area contributed by atoms with Gasteiger partial charge in [0.15, 0.2) is 5.16 Å². The van der Waals surface area contributed by atoms with Crippen LogP contribution < -0.4 is 0 Å². The van der Waals surface area contributed by atoms with Crippen molar-refractivity contribution < 1.29 is 4.79 Å². The molecule has 0 amide bonds. The van der Waals surface area contributed by atoms with Gasteiger partial charge in [0.1, 0.15) is 11.6 Å². The van der Waals surface area contributed by atoms with Crippen molar-refractivity contribution in [1.82, 2.24) is 14.8 Å². The SMILES string of the molecule is CC(C)(C)C(=O)CSc1nnc(Cc2cccs2)n1-c1ccccc1. The summed E-state index contributed by atoms with van der Waals surface area (Å²) in [5, 5.41) is 11.6. The van der Waals surface area contributed by atoms with Crippen molar-refractivity contribution in [2.24, 2.45) is 5.41 Å². The largest absolute Gasteiger partial charge is 0.298 e. The second-order valence-electron chi connectivity index (χ2n) is 6.79. The lowest BCUT2D eigenvalue weighted by atomic mass is 9.92. The number of thiophene rings is 1. The minimum atomic E-state index is -0.343. The molecule has 4 nitrogen and oxygen atoms in total. The van der Waals surface area contributed by atoms with E-state index < -0.39 is 0 Å². The van der Waals surface area contributed by atoms with Gasteiger partial charge in [0, 0.05) is 22.4 Å². The molecule has 3 aromatic rings. The minimum absolute atomic E-state index is 0.208. The van der Waals surface area contributed by atoms with Gasteiger partial charge < -0.3 is 0 Å². The van der Waals surface area contributed by atoms with Gasteiger partial charge in [0.2, 0.25) is 0 Å². The Morgan fingerprint density at radius 3 is 2.52 bits per heavy atom. The fraction of sp³-hybridized carbons (Fsp3) is 0.316. The maximum absolute atomic E-state index is 12.3. The average Bonchev–Trinajstić information content (AvgIpc) is 3.23. The molecular weight excluding hydrogens is 350 g/mol. The van der Waals surface area contributed by atoms with Crippen molar-refractivity contribution in [3.05, 3.63) is 58.5 Å². The molecule has 0 spiro atoms. The molecule has 2 heterocycles. The Labute approximate surface area is 156 Å². The van der Waals surface area contributed by atoms with Crippen molar-refractivity contribution in [2.75, 3.05) is 5.75 Å². The highest BCUT2D eigenvalue weighted by Gasteiger charge is 2.23. The molecule has 0 aliphatic carbocycles. The van der Waals surface area contributed by atoms with Gasteiger partial charge in [0.05, 0.1) is 5.75 Å². The summed E-state index contributed by atoms with van der Waals surface area (Å²) < 4.78 is 2.06. The summed E-state index contributed by atoms with van der Waals surface area (Å²) in [7, 11) is 0. The molecule has 130 valence electrons. The Morgan fingerprint density at radius 2 is 1.88 bits per heavy atom. The molecule has 0 aliphatic rings. The number of hydrogen-bond acceptors (Lipinski definition) is 5. The second kappa shape index (κ2) is 7.54. The lowest BCUT2D eigenvalue weighted by molar-refractivity contribution is -0.123. The molecule has 2 aromatic heterocycles. The smallest absolute Gasteiger partial charge is 0.196 e. The number of rotatable bonds is 6. The molecule has 25 heavy (non-hydrogen) atoms. The summed E-state index contributed by atoms with van der Waals surface area (Å²) in [6.45, 7) is 5.83. The van der Waals surface area contributed by atoms with Crippen LogP contribution in [0.1, 0.15) is 31.5 Å². The maximum Gasteiger partial charge on any atom is 0.196 e. The van der Waals surface area contributed by atoms with Crippen LogP contribution in [0.25, 0.3) is 5.69 Å². The predicted molar refractivity (Wildman–Crippen MR) is 104 cm³/mol. The van der Waals surface area contributed by atoms with Gasteiger partial charge in [-0.15, -0.1) is 21.5 Å². The maximum atomic E-state index is 12.3. The van der Waals surface area contributed by atoms with Crippen molar-refractivity contribution >= 4 is 28.9 Å². The van der Waals surface area contributed by atoms with E-state index in [9.17, 15) is 4.79 Å². The number of Topliss-reactive ketones (excluding diaryl/α,β-unsaturated/α-hetero) is 1. The highest BCUT2D eigenvalue weighted by atomic mass is 32.2. The lowest BCUT2D eigenvalue weighted by Crippen LogP contribution is -2.22. The van der Waals surface area contributed by atoms with E-state index in [0.29, 0.717) is 5.75 Å². The first-order valence-corrected chi connectivity index (χ1v) is 10.00. The third-order valence-electron chi connectivity index (χ3n) is 3.80. The Bertz CT molecular complexity index is 833. The minimum Gasteiger partial charge on any atom is -0.298 e. The Morgan fingerprint density at radius 1 is 1.12 bits per heavy atom. The summed E-state index contributed by atoms with van der Waals surface area (Å²) in [6.07, 6.45) is 0.730. The van der Waals surface area contributed by atoms with Gasteiger partial charge in [-0.05, 0) is 23.6 Å². The molecule has 0 N–H and O–H groups in total. The molecular formula is C19H21N3OS2. The van der Waals surface area contributed by atoms with Crippen LogP contribution in [0.5, 0.6) is 0 Å². The van der Waals surface area contributed by atoms with Crippen molar-refractivity contribution in [3.63, 3.8) is 0 Å². The first-order chi connectivity index (χ1) is 11.9. The van der Waals surface area contributed by atoms with Crippen LogP contribution in [-0.2, 0) is 11.2 Å². The van der Waals surface area contributed by atoms with Gasteiger partial charge in [-0.25, -0.2) is 0 Å². The van der Waals surface area contributed by atoms with Crippen LogP contribution in [0.3, 0.4) is 0 Å². The van der Waals surface area contributed by atoms with E-state index in [4.69, 9.17) is 0 Å². The van der Waals surface area contributed by atoms with Crippen molar-refractivity contribution in [2.45, 2.75) is 32.3 Å². The highest BCUT2D eigenvalue weighted by molar-refractivity contribution is 7.99. The number of thioether (sulfide) groups is 1. The lowest BCUT2D eigenvalue weighted by Gasteiger charge is -2.16. The van der Waals surface area contributed by atoms with E-state index in [1.165, 1.54) is 16.6 Å². The van der Waals surface area contributed by atoms with Crippen molar-refractivity contribution in [1.29, 1.82) is 0 Å². The summed E-state index contributed by atoms with van der Waals surface area (Å²) >= 11 is 3.16. The van der Waals surface area contributed by atoms with Crippen LogP contribution in [0.2, 0.25) is 0 Å². The molecule has 6 heteroatoms. The zero-order valence-electron chi connectivity index (χ0n) is 14.6. The Hall–Kier alpha value is -1.92. The van der Waals surface area contributed by atoms with Gasteiger partial charge in [0.25, 0.3) is 0 Å². The first kappa shape index (κ1) is 17.9. The second-order valence-corrected chi connectivity index (χ2v) is 8.76. The molecule has 3 rings (SSSR count). The van der Waals surface area contributed by atoms with Crippen LogP contribution >= 0.6 is 23.1 Å². The van der Waals surface area contributed by atoms with Crippen molar-refractivity contribution in [3.8, 4) is 5.69 Å². The molecule has 0 aliphatic heterocycles. The monoisotopic (exact) mass is 371 g/mol. The molecule has 0 unspecified atom stereocenters. The number of ketones is 1. The number of benzene rings is 1. The quantitative estimate of drug-likeness (QED) is 0.593. The number of nitrogens with zero attached hydrogens (tertiary/aromatic N) is 3. The van der Waals surface area contributed by atoms with Gasteiger partial charge >= 0.3 is 0 Å². The van der Waals surface area contributed by atoms with E-state index in [2.05, 4.69) is 26.2 Å². The molecule has 1 aromatic carbocycles. The zero-order valence-corrected chi connectivity index (χ0v) is 16.2. The standard InChI is InChI=1S/C19H21N3OS2/c1-19(2,3)16(23)13-25-18-21-20-17(12-15-10-7-11-24-15)22(18)14-8-5-4-6-9-14/h4-11H,12-13H2,1-3H3. The van der Waals surface area contributed by atoms with E-state index in [1.807, 2.05) is 57.2 Å². The van der Waals surface area contributed by atoms with Gasteiger partial charge in [-0.1, -0.05) is 56.8 Å².